The highest BCUT2D eigenvalue weighted by molar-refractivity contribution is 5.93. The molecule has 1 amide bonds. The standard InChI is InChI=1S/C15H20N4O/c1-3-19-9-8-18-14(19)11-17-10-12-4-6-13(7-5-12)15(20)16-2/h4-9,17H,3,10-11H2,1-2H3,(H,16,20). The van der Waals surface area contributed by atoms with Crippen LogP contribution in [0.25, 0.3) is 0 Å². The van der Waals surface area contributed by atoms with Gasteiger partial charge in [-0.1, -0.05) is 12.1 Å². The number of imidazole rings is 1. The summed E-state index contributed by atoms with van der Waals surface area (Å²) in [5.41, 5.74) is 1.82. The van der Waals surface area contributed by atoms with Crippen LogP contribution in [0.1, 0.15) is 28.7 Å². The van der Waals surface area contributed by atoms with Crippen LogP contribution in [0, 0.1) is 0 Å². The van der Waals surface area contributed by atoms with Gasteiger partial charge in [0.15, 0.2) is 0 Å². The second-order valence-electron chi connectivity index (χ2n) is 4.51. The molecule has 1 aromatic carbocycles. The van der Waals surface area contributed by atoms with Crippen LogP contribution in [0.15, 0.2) is 36.7 Å². The minimum absolute atomic E-state index is 0.0607. The maximum absolute atomic E-state index is 11.4. The van der Waals surface area contributed by atoms with Crippen LogP contribution in [0.5, 0.6) is 0 Å². The van der Waals surface area contributed by atoms with Crippen molar-refractivity contribution in [3.8, 4) is 0 Å². The fourth-order valence-corrected chi connectivity index (χ4v) is 2.03. The van der Waals surface area contributed by atoms with Crippen LogP contribution < -0.4 is 10.6 Å². The summed E-state index contributed by atoms with van der Waals surface area (Å²) < 4.78 is 2.11. The minimum atomic E-state index is -0.0607. The van der Waals surface area contributed by atoms with Crippen LogP contribution in [-0.4, -0.2) is 22.5 Å². The number of hydrogen-bond acceptors (Lipinski definition) is 3. The van der Waals surface area contributed by atoms with E-state index in [9.17, 15) is 4.79 Å². The van der Waals surface area contributed by atoms with E-state index >= 15 is 0 Å². The Hall–Kier alpha value is -2.14. The molecule has 106 valence electrons. The lowest BCUT2D eigenvalue weighted by Gasteiger charge is -2.07. The third-order valence-electron chi connectivity index (χ3n) is 3.20. The Morgan fingerprint density at radius 1 is 1.25 bits per heavy atom. The fourth-order valence-electron chi connectivity index (χ4n) is 2.03. The van der Waals surface area contributed by atoms with Gasteiger partial charge in [-0.3, -0.25) is 4.79 Å². The highest BCUT2D eigenvalue weighted by Gasteiger charge is 2.03. The normalized spacial score (nSPS) is 10.5. The average Bonchev–Trinajstić information content (AvgIpc) is 2.94. The first-order valence-electron chi connectivity index (χ1n) is 6.76. The number of nitrogens with zero attached hydrogens (tertiary/aromatic N) is 2. The van der Waals surface area contributed by atoms with E-state index in [0.29, 0.717) is 5.56 Å². The number of benzene rings is 1. The lowest BCUT2D eigenvalue weighted by atomic mass is 10.1. The number of amides is 1. The van der Waals surface area contributed by atoms with Gasteiger partial charge in [-0.2, -0.15) is 0 Å². The lowest BCUT2D eigenvalue weighted by molar-refractivity contribution is 0.0963. The lowest BCUT2D eigenvalue weighted by Crippen LogP contribution is -2.18. The van der Waals surface area contributed by atoms with E-state index in [2.05, 4.69) is 27.1 Å². The second-order valence-corrected chi connectivity index (χ2v) is 4.51. The topological polar surface area (TPSA) is 59.0 Å². The van der Waals surface area contributed by atoms with E-state index in [4.69, 9.17) is 0 Å². The Bertz CT molecular complexity index is 560. The van der Waals surface area contributed by atoms with Crippen molar-refractivity contribution in [1.29, 1.82) is 0 Å². The van der Waals surface area contributed by atoms with E-state index in [0.717, 1.165) is 31.0 Å². The molecule has 0 unspecified atom stereocenters. The first kappa shape index (κ1) is 14.3. The number of aromatic nitrogens is 2. The molecular weight excluding hydrogens is 252 g/mol. The van der Waals surface area contributed by atoms with Gasteiger partial charge < -0.3 is 15.2 Å². The third-order valence-corrected chi connectivity index (χ3v) is 3.20. The Kier molecular flexibility index (Phi) is 4.90. The first-order valence-corrected chi connectivity index (χ1v) is 6.76. The highest BCUT2D eigenvalue weighted by atomic mass is 16.1. The number of carbonyl (C=O) groups excluding carboxylic acids is 1. The van der Waals surface area contributed by atoms with Gasteiger partial charge in [0, 0.05) is 38.1 Å². The van der Waals surface area contributed by atoms with Crippen molar-refractivity contribution in [1.82, 2.24) is 20.2 Å². The fraction of sp³-hybridized carbons (Fsp3) is 0.333. The van der Waals surface area contributed by atoms with Gasteiger partial charge >= 0.3 is 0 Å². The summed E-state index contributed by atoms with van der Waals surface area (Å²) >= 11 is 0. The number of nitrogens with one attached hydrogen (secondary N) is 2. The number of rotatable bonds is 6. The van der Waals surface area contributed by atoms with Crippen LogP contribution in [0.3, 0.4) is 0 Å². The van der Waals surface area contributed by atoms with Gasteiger partial charge in [0.2, 0.25) is 0 Å². The van der Waals surface area contributed by atoms with Gasteiger partial charge in [-0.05, 0) is 24.6 Å². The summed E-state index contributed by atoms with van der Waals surface area (Å²) in [6.45, 7) is 4.52. The predicted octanol–water partition coefficient (Wildman–Crippen LogP) is 1.55. The van der Waals surface area contributed by atoms with Gasteiger partial charge in [-0.15, -0.1) is 0 Å². The maximum Gasteiger partial charge on any atom is 0.251 e. The van der Waals surface area contributed by atoms with Gasteiger partial charge in [0.05, 0.1) is 6.54 Å². The molecule has 2 rings (SSSR count). The van der Waals surface area contributed by atoms with Crippen molar-refractivity contribution in [2.45, 2.75) is 26.6 Å². The summed E-state index contributed by atoms with van der Waals surface area (Å²) in [4.78, 5) is 15.7. The molecule has 0 aliphatic heterocycles. The van der Waals surface area contributed by atoms with Crippen LogP contribution in [0.2, 0.25) is 0 Å². The number of hydrogen-bond donors (Lipinski definition) is 2. The molecule has 0 atom stereocenters. The van der Waals surface area contributed by atoms with E-state index < -0.39 is 0 Å². The van der Waals surface area contributed by atoms with Crippen molar-refractivity contribution >= 4 is 5.91 Å². The Morgan fingerprint density at radius 2 is 2.00 bits per heavy atom. The smallest absolute Gasteiger partial charge is 0.251 e. The molecule has 5 nitrogen and oxygen atoms in total. The van der Waals surface area contributed by atoms with E-state index in [1.165, 1.54) is 0 Å². The molecule has 0 aliphatic carbocycles. The molecule has 0 saturated carbocycles. The SMILES string of the molecule is CCn1ccnc1CNCc1ccc(C(=O)NC)cc1. The van der Waals surface area contributed by atoms with E-state index in [1.54, 1.807) is 7.05 Å². The molecule has 0 fully saturated rings. The van der Waals surface area contributed by atoms with Crippen molar-refractivity contribution < 1.29 is 4.79 Å². The molecule has 2 aromatic rings. The zero-order valence-electron chi connectivity index (χ0n) is 11.9. The third kappa shape index (κ3) is 3.45. The minimum Gasteiger partial charge on any atom is -0.355 e. The van der Waals surface area contributed by atoms with E-state index in [-0.39, 0.29) is 5.91 Å². The first-order chi connectivity index (χ1) is 9.74. The summed E-state index contributed by atoms with van der Waals surface area (Å²) in [5.74, 6) is 0.976. The zero-order chi connectivity index (χ0) is 14.4. The van der Waals surface area contributed by atoms with Gasteiger partial charge in [0.1, 0.15) is 5.82 Å². The van der Waals surface area contributed by atoms with Crippen molar-refractivity contribution in [2.75, 3.05) is 7.05 Å². The summed E-state index contributed by atoms with van der Waals surface area (Å²) in [6, 6.07) is 7.60. The molecule has 1 heterocycles. The quantitative estimate of drug-likeness (QED) is 0.839. The molecule has 1 aromatic heterocycles. The second kappa shape index (κ2) is 6.86. The number of aryl methyl sites for hydroxylation is 1. The molecule has 0 saturated heterocycles. The van der Waals surface area contributed by atoms with Gasteiger partial charge in [0.25, 0.3) is 5.91 Å². The predicted molar refractivity (Wildman–Crippen MR) is 78.3 cm³/mol. The van der Waals surface area contributed by atoms with Crippen molar-refractivity contribution in [3.63, 3.8) is 0 Å². The molecule has 5 heteroatoms. The molecule has 2 N–H and O–H groups in total. The van der Waals surface area contributed by atoms with Crippen LogP contribution in [-0.2, 0) is 19.6 Å². The summed E-state index contributed by atoms with van der Waals surface area (Å²) in [5, 5.41) is 5.97. The van der Waals surface area contributed by atoms with Crippen LogP contribution >= 0.6 is 0 Å². The largest absolute Gasteiger partial charge is 0.355 e. The van der Waals surface area contributed by atoms with Gasteiger partial charge in [-0.25, -0.2) is 4.98 Å². The Balaban J connectivity index is 1.87. The number of carbonyl (C=O) groups is 1. The van der Waals surface area contributed by atoms with Crippen molar-refractivity contribution in [3.05, 3.63) is 53.6 Å². The Morgan fingerprint density at radius 3 is 2.65 bits per heavy atom. The van der Waals surface area contributed by atoms with E-state index in [1.807, 2.05) is 36.7 Å². The molecule has 0 bridgehead atoms. The average molecular weight is 272 g/mol. The zero-order valence-corrected chi connectivity index (χ0v) is 11.9. The van der Waals surface area contributed by atoms with Crippen LogP contribution in [0.4, 0.5) is 0 Å². The Labute approximate surface area is 119 Å². The highest BCUT2D eigenvalue weighted by Crippen LogP contribution is 2.05. The maximum atomic E-state index is 11.4. The molecular formula is C15H20N4O. The molecule has 20 heavy (non-hydrogen) atoms. The monoisotopic (exact) mass is 272 g/mol. The van der Waals surface area contributed by atoms with Crippen molar-refractivity contribution in [2.24, 2.45) is 0 Å². The summed E-state index contributed by atoms with van der Waals surface area (Å²) in [7, 11) is 1.63. The molecule has 0 spiro atoms. The molecule has 0 radical (unpaired) electrons. The summed E-state index contributed by atoms with van der Waals surface area (Å²) in [6.07, 6.45) is 3.80. The molecule has 0 aliphatic rings.